The molecule has 2 amide bonds. The van der Waals surface area contributed by atoms with Crippen LogP contribution < -0.4 is 20.8 Å². The number of nitrogens with zero attached hydrogens (tertiary/aromatic N) is 8. The van der Waals surface area contributed by atoms with Gasteiger partial charge in [0.2, 0.25) is 0 Å². The second-order valence-electron chi connectivity index (χ2n) is 15.3. The first-order valence-electron chi connectivity index (χ1n) is 20.6. The summed E-state index contributed by atoms with van der Waals surface area (Å²) in [6.45, 7) is 3.22. The first-order valence-corrected chi connectivity index (χ1v) is 24.9. The molecule has 0 bridgehead atoms. The van der Waals surface area contributed by atoms with E-state index in [1.807, 2.05) is 6.07 Å². The fourth-order valence-corrected chi connectivity index (χ4v) is 8.98. The van der Waals surface area contributed by atoms with Crippen molar-refractivity contribution in [1.29, 1.82) is 0 Å². The van der Waals surface area contributed by atoms with E-state index in [1.165, 1.54) is 65.7 Å². The van der Waals surface area contributed by atoms with Gasteiger partial charge in [-0.3, -0.25) is 23.2 Å². The Morgan fingerprint density at radius 3 is 2.06 bits per heavy atom. The van der Waals surface area contributed by atoms with Crippen LogP contribution in [0.2, 0.25) is 0 Å². The van der Waals surface area contributed by atoms with Crippen molar-refractivity contribution in [3.8, 4) is 11.5 Å². The molecule has 0 aromatic heterocycles. The molecule has 72 heavy (non-hydrogen) atoms. The van der Waals surface area contributed by atoms with E-state index < -0.39 is 68.4 Å². The number of anilines is 3. The van der Waals surface area contributed by atoms with Gasteiger partial charge in [0, 0.05) is 68.7 Å². The Morgan fingerprint density at radius 1 is 0.722 bits per heavy atom. The van der Waals surface area contributed by atoms with Crippen LogP contribution in [0.3, 0.4) is 0 Å². The number of ether oxygens (including phenoxy) is 1. The molecule has 363 valence electrons. The Balaban J connectivity index is 0.00000760. The van der Waals surface area contributed by atoms with Crippen LogP contribution in [0.4, 0.5) is 45.5 Å². The Kier molecular flexibility index (Phi) is 15.1. The Morgan fingerprint density at radius 2 is 1.39 bits per heavy atom. The number of carbonyl (C=O) groups is 2. The van der Waals surface area contributed by atoms with Gasteiger partial charge < -0.3 is 20.9 Å². The minimum atomic E-state index is -5.18. The summed E-state index contributed by atoms with van der Waals surface area (Å²) in [6, 6.07) is 26.6. The number of fused-ring (bicyclic) bond motifs is 2. The standard InChI is InChI=1S/C45H36N10O13S3.Na/c1-3-68-37-23-36(50-49-35-18-11-27(46)21-38(35)70(62,63)64)34-22-31(69(59,60)61)15-17-33(34)41(37)52-53-42-39(71(65,66)67)20-26-19-29(14-16-32(26)43(42)56)47-44(57)25-9-12-28(13-10-25)48-51-40-24(2)54-55(45(40)58)30-7-5-4-6-8-30;/h4-23,40,56H,3,46H2,1-2H3,(H,47,57)(H,59,60,61)(H,62,63,64)(H,65,66,67);. The molecule has 0 aliphatic carbocycles. The van der Waals surface area contributed by atoms with E-state index in [0.717, 1.165) is 30.3 Å². The molecule has 0 saturated heterocycles. The van der Waals surface area contributed by atoms with Gasteiger partial charge in [0.25, 0.3) is 42.2 Å². The zero-order valence-corrected chi connectivity index (χ0v) is 42.1. The molecule has 7 aromatic rings. The minimum absolute atomic E-state index is 0. The summed E-state index contributed by atoms with van der Waals surface area (Å²) >= 11 is 0. The van der Waals surface area contributed by atoms with E-state index in [9.17, 15) is 53.6 Å². The summed E-state index contributed by atoms with van der Waals surface area (Å²) < 4.78 is 110. The van der Waals surface area contributed by atoms with Gasteiger partial charge in [-0.25, -0.2) is 0 Å². The third-order valence-corrected chi connectivity index (χ3v) is 13.1. The molecule has 8 rings (SSSR count). The summed E-state index contributed by atoms with van der Waals surface area (Å²) in [6.07, 6.45) is 0. The maximum atomic E-state index is 13.3. The zero-order valence-electron chi connectivity index (χ0n) is 37.7. The van der Waals surface area contributed by atoms with E-state index in [2.05, 4.69) is 41.1 Å². The molecule has 1 unspecified atom stereocenters. The molecule has 0 fully saturated rings. The van der Waals surface area contributed by atoms with E-state index in [4.69, 9.17) is 10.5 Å². The number of phenolic OH excluding ortho intramolecular Hbond substituents is 1. The Bertz CT molecular complexity index is 3820. The fraction of sp³-hybridized carbons (Fsp3) is 0.0889. The summed E-state index contributed by atoms with van der Waals surface area (Å²) in [4.78, 5) is 24.1. The van der Waals surface area contributed by atoms with Crippen LogP contribution in [0.15, 0.2) is 172 Å². The molecular weight excluding hydrogens is 1010 g/mol. The summed E-state index contributed by atoms with van der Waals surface area (Å²) in [5.74, 6) is -1.86. The van der Waals surface area contributed by atoms with Crippen molar-refractivity contribution in [3.05, 3.63) is 127 Å². The predicted molar refractivity (Wildman–Crippen MR) is 265 cm³/mol. The van der Waals surface area contributed by atoms with Gasteiger partial charge in [-0.1, -0.05) is 24.3 Å². The molecule has 0 spiro atoms. The predicted octanol–water partition coefficient (Wildman–Crippen LogP) is 9.00. The quantitative estimate of drug-likeness (QED) is 0.0256. The van der Waals surface area contributed by atoms with E-state index >= 15 is 0 Å². The van der Waals surface area contributed by atoms with Gasteiger partial charge in [0.15, 0.2) is 11.8 Å². The van der Waals surface area contributed by atoms with Crippen molar-refractivity contribution in [2.75, 3.05) is 22.7 Å². The van der Waals surface area contributed by atoms with Gasteiger partial charge in [-0.05, 0) is 110 Å². The largest absolute Gasteiger partial charge is 0.505 e. The van der Waals surface area contributed by atoms with Crippen LogP contribution in [0.5, 0.6) is 11.5 Å². The van der Waals surface area contributed by atoms with Crippen LogP contribution in [-0.2, 0) is 35.1 Å². The van der Waals surface area contributed by atoms with Crippen LogP contribution in [0, 0.1) is 0 Å². The average molecular weight is 1040 g/mol. The fourth-order valence-electron chi connectivity index (χ4n) is 7.16. The smallest absolute Gasteiger partial charge is 0.296 e. The van der Waals surface area contributed by atoms with Crippen LogP contribution in [0.1, 0.15) is 24.2 Å². The number of para-hydroxylation sites is 1. The van der Waals surface area contributed by atoms with E-state index in [-0.39, 0.29) is 103 Å². The molecule has 1 aliphatic heterocycles. The number of nitrogen functional groups attached to an aromatic ring is 1. The first-order chi connectivity index (χ1) is 33.6. The number of amides is 2. The number of azo groups is 3. The molecule has 7 N–H and O–H groups in total. The van der Waals surface area contributed by atoms with Crippen molar-refractivity contribution < 1.29 is 58.3 Å². The van der Waals surface area contributed by atoms with Gasteiger partial charge >= 0.3 is 0 Å². The third kappa shape index (κ3) is 11.2. The first kappa shape index (κ1) is 52.4. The summed E-state index contributed by atoms with van der Waals surface area (Å²) in [5.41, 5.74) is 5.89. The number of hydrogen-bond donors (Lipinski definition) is 6. The molecular formula is C45H36N10NaO13S3. The second kappa shape index (κ2) is 20.7. The molecule has 27 heteroatoms. The van der Waals surface area contributed by atoms with Gasteiger partial charge in [-0.15, -0.1) is 20.5 Å². The number of rotatable bonds is 14. The van der Waals surface area contributed by atoms with Gasteiger partial charge in [0.1, 0.15) is 32.6 Å². The van der Waals surface area contributed by atoms with E-state index in [1.54, 1.807) is 38.1 Å². The maximum absolute atomic E-state index is 13.3. The molecule has 7 aromatic carbocycles. The summed E-state index contributed by atoms with van der Waals surface area (Å²) in [5, 5.41) is 44.3. The van der Waals surface area contributed by atoms with E-state index in [0.29, 0.717) is 17.1 Å². The van der Waals surface area contributed by atoms with Crippen molar-refractivity contribution in [1.82, 2.24) is 0 Å². The number of nitrogens with one attached hydrogen (secondary N) is 1. The van der Waals surface area contributed by atoms with Crippen molar-refractivity contribution in [2.24, 2.45) is 35.8 Å². The normalized spacial score (nSPS) is 14.4. The number of phenols is 1. The van der Waals surface area contributed by atoms with Crippen molar-refractivity contribution in [2.45, 2.75) is 34.6 Å². The monoisotopic (exact) mass is 1040 g/mol. The number of hydrogen-bond acceptors (Lipinski definition) is 18. The average Bonchev–Trinajstić information content (AvgIpc) is 3.61. The number of hydrazone groups is 1. The summed E-state index contributed by atoms with van der Waals surface area (Å²) in [7, 11) is -14.9. The number of benzene rings is 7. The third-order valence-electron chi connectivity index (χ3n) is 10.5. The number of carbonyl (C=O) groups excluding carboxylic acids is 2. The molecule has 1 aliphatic rings. The van der Waals surface area contributed by atoms with Crippen LogP contribution in [-0.4, -0.2) is 104 Å². The topological polar surface area (TPSA) is 355 Å². The van der Waals surface area contributed by atoms with Crippen LogP contribution in [0.25, 0.3) is 21.5 Å². The van der Waals surface area contributed by atoms with Gasteiger partial charge in [0.05, 0.1) is 34.3 Å². The second-order valence-corrected chi connectivity index (χ2v) is 19.5. The Labute approximate surface area is 431 Å². The van der Waals surface area contributed by atoms with Crippen molar-refractivity contribution in [3.63, 3.8) is 0 Å². The maximum Gasteiger partial charge on any atom is 0.296 e. The van der Waals surface area contributed by atoms with Crippen LogP contribution >= 0.6 is 0 Å². The molecule has 0 saturated carbocycles. The SMILES string of the molecule is CCOc1cc(N=Nc2ccc(N)cc2S(=O)(=O)O)c2cc(S(=O)(=O)O)ccc2c1N=Nc1c(S(=O)(=O)O)cc2cc(NC(=O)c3ccc(N=NC4C(=O)N(c5ccccc5)N=C4C)cc3)ccc2c1O.[Na]. The molecule has 23 nitrogen and oxygen atoms in total. The Hall–Kier alpha value is -7.40. The number of nitrogens with two attached hydrogens (primary N) is 1. The van der Waals surface area contributed by atoms with Gasteiger partial charge in [-0.2, -0.15) is 45.6 Å². The zero-order chi connectivity index (χ0) is 51.0. The molecule has 1 heterocycles. The number of aromatic hydroxyl groups is 1. The molecule has 1 atom stereocenters. The molecule has 1 radical (unpaired) electrons. The minimum Gasteiger partial charge on any atom is -0.505 e. The van der Waals surface area contributed by atoms with Crippen molar-refractivity contribution >= 4 is 144 Å².